The number of nitrogen functional groups attached to an aromatic ring is 1. The standard InChI is InChI=1S/C16H21BrN2O/c1-10(16(2,3)4)9-13-14(15(18)19-20-13)11-5-7-12(17)8-6-11/h5-8,10H,9H2,1-4H3,(H2,18,19). The number of rotatable bonds is 3. The van der Waals surface area contributed by atoms with Gasteiger partial charge in [0.1, 0.15) is 5.76 Å². The summed E-state index contributed by atoms with van der Waals surface area (Å²) >= 11 is 3.44. The molecule has 3 nitrogen and oxygen atoms in total. The molecule has 1 aromatic heterocycles. The number of halogens is 1. The minimum Gasteiger partial charge on any atom is -0.380 e. The van der Waals surface area contributed by atoms with E-state index in [0.29, 0.717) is 11.7 Å². The molecule has 0 aliphatic rings. The van der Waals surface area contributed by atoms with E-state index in [0.717, 1.165) is 27.8 Å². The smallest absolute Gasteiger partial charge is 0.175 e. The number of aromatic nitrogens is 1. The molecule has 1 heterocycles. The van der Waals surface area contributed by atoms with E-state index < -0.39 is 0 Å². The van der Waals surface area contributed by atoms with Crippen LogP contribution in [0.4, 0.5) is 5.82 Å². The number of benzene rings is 1. The molecule has 0 radical (unpaired) electrons. The molecule has 1 unspecified atom stereocenters. The zero-order valence-corrected chi connectivity index (χ0v) is 14.0. The average molecular weight is 337 g/mol. The van der Waals surface area contributed by atoms with Crippen LogP contribution in [-0.4, -0.2) is 5.16 Å². The van der Waals surface area contributed by atoms with Crippen LogP contribution < -0.4 is 5.73 Å². The van der Waals surface area contributed by atoms with Crippen LogP contribution in [0, 0.1) is 11.3 Å². The Morgan fingerprint density at radius 1 is 1.25 bits per heavy atom. The molecule has 1 aromatic carbocycles. The minimum atomic E-state index is 0.221. The highest BCUT2D eigenvalue weighted by Crippen LogP contribution is 2.35. The quantitative estimate of drug-likeness (QED) is 0.866. The third-order valence-corrected chi connectivity index (χ3v) is 4.42. The van der Waals surface area contributed by atoms with Gasteiger partial charge in [-0.1, -0.05) is 60.9 Å². The first-order chi connectivity index (χ1) is 9.29. The van der Waals surface area contributed by atoms with Crippen LogP contribution in [0.2, 0.25) is 0 Å². The highest BCUT2D eigenvalue weighted by Gasteiger charge is 2.25. The summed E-state index contributed by atoms with van der Waals surface area (Å²) in [4.78, 5) is 0. The van der Waals surface area contributed by atoms with Gasteiger partial charge in [-0.05, 0) is 29.0 Å². The Hall–Kier alpha value is -1.29. The van der Waals surface area contributed by atoms with E-state index in [1.54, 1.807) is 0 Å². The van der Waals surface area contributed by atoms with E-state index in [2.05, 4.69) is 48.8 Å². The fraction of sp³-hybridized carbons (Fsp3) is 0.438. The van der Waals surface area contributed by atoms with E-state index in [4.69, 9.17) is 10.3 Å². The van der Waals surface area contributed by atoms with E-state index in [1.807, 2.05) is 24.3 Å². The number of hydrogen-bond acceptors (Lipinski definition) is 3. The van der Waals surface area contributed by atoms with Crippen molar-refractivity contribution >= 4 is 21.7 Å². The molecule has 2 N–H and O–H groups in total. The van der Waals surface area contributed by atoms with Gasteiger partial charge < -0.3 is 10.3 Å². The lowest BCUT2D eigenvalue weighted by Gasteiger charge is -2.26. The normalized spacial score (nSPS) is 13.4. The molecule has 0 spiro atoms. The molecule has 0 saturated carbocycles. The molecule has 108 valence electrons. The van der Waals surface area contributed by atoms with Gasteiger partial charge in [0, 0.05) is 10.9 Å². The monoisotopic (exact) mass is 336 g/mol. The molecule has 2 aromatic rings. The molecule has 4 heteroatoms. The van der Waals surface area contributed by atoms with Crippen LogP contribution in [0.1, 0.15) is 33.5 Å². The van der Waals surface area contributed by atoms with Crippen molar-refractivity contribution in [1.29, 1.82) is 0 Å². The molecule has 2 rings (SSSR count). The van der Waals surface area contributed by atoms with Gasteiger partial charge in [-0.2, -0.15) is 0 Å². The third-order valence-electron chi connectivity index (χ3n) is 3.89. The van der Waals surface area contributed by atoms with Crippen LogP contribution in [-0.2, 0) is 6.42 Å². The number of anilines is 1. The predicted octanol–water partition coefficient (Wildman–Crippen LogP) is 4.91. The zero-order valence-electron chi connectivity index (χ0n) is 12.4. The first-order valence-electron chi connectivity index (χ1n) is 6.79. The summed E-state index contributed by atoms with van der Waals surface area (Å²) < 4.78 is 6.50. The molecule has 0 fully saturated rings. The Labute approximate surface area is 128 Å². The second-order valence-corrected chi connectivity index (χ2v) is 7.26. The van der Waals surface area contributed by atoms with Crippen LogP contribution in [0.3, 0.4) is 0 Å². The summed E-state index contributed by atoms with van der Waals surface area (Å²) in [5.74, 6) is 1.81. The van der Waals surface area contributed by atoms with Crippen molar-refractivity contribution in [3.8, 4) is 11.1 Å². The van der Waals surface area contributed by atoms with Crippen molar-refractivity contribution in [1.82, 2.24) is 5.16 Å². The second-order valence-electron chi connectivity index (χ2n) is 6.34. The molecular weight excluding hydrogens is 316 g/mol. The third kappa shape index (κ3) is 3.23. The lowest BCUT2D eigenvalue weighted by molar-refractivity contribution is 0.240. The van der Waals surface area contributed by atoms with E-state index >= 15 is 0 Å². The summed E-state index contributed by atoms with van der Waals surface area (Å²) in [6.45, 7) is 8.92. The van der Waals surface area contributed by atoms with Gasteiger partial charge in [-0.25, -0.2) is 0 Å². The molecule has 0 amide bonds. The van der Waals surface area contributed by atoms with Crippen molar-refractivity contribution in [2.24, 2.45) is 11.3 Å². The van der Waals surface area contributed by atoms with Gasteiger partial charge in [-0.3, -0.25) is 0 Å². The Bertz CT molecular complexity index is 582. The fourth-order valence-electron chi connectivity index (χ4n) is 1.99. The lowest BCUT2D eigenvalue weighted by Crippen LogP contribution is -2.19. The van der Waals surface area contributed by atoms with Gasteiger partial charge in [0.2, 0.25) is 0 Å². The maximum Gasteiger partial charge on any atom is 0.175 e. The first kappa shape index (κ1) is 15.1. The maximum atomic E-state index is 5.98. The highest BCUT2D eigenvalue weighted by atomic mass is 79.9. The lowest BCUT2D eigenvalue weighted by atomic mass is 9.79. The van der Waals surface area contributed by atoms with Crippen molar-refractivity contribution in [2.75, 3.05) is 5.73 Å². The van der Waals surface area contributed by atoms with Crippen LogP contribution in [0.25, 0.3) is 11.1 Å². The predicted molar refractivity (Wildman–Crippen MR) is 86.4 cm³/mol. The molecule has 1 atom stereocenters. The van der Waals surface area contributed by atoms with Crippen molar-refractivity contribution in [2.45, 2.75) is 34.1 Å². The van der Waals surface area contributed by atoms with Crippen LogP contribution in [0.15, 0.2) is 33.3 Å². The molecule has 0 bridgehead atoms. The first-order valence-corrected chi connectivity index (χ1v) is 7.58. The summed E-state index contributed by atoms with van der Waals surface area (Å²) in [5.41, 5.74) is 8.17. The van der Waals surface area contributed by atoms with Crippen molar-refractivity contribution < 1.29 is 4.52 Å². The summed E-state index contributed by atoms with van der Waals surface area (Å²) in [6.07, 6.45) is 0.832. The van der Waals surface area contributed by atoms with Crippen molar-refractivity contribution in [3.05, 3.63) is 34.5 Å². The summed E-state index contributed by atoms with van der Waals surface area (Å²) in [5, 5.41) is 3.94. The number of hydrogen-bond donors (Lipinski definition) is 1. The van der Waals surface area contributed by atoms with Gasteiger partial charge in [0.05, 0.1) is 5.56 Å². The van der Waals surface area contributed by atoms with Crippen LogP contribution in [0.5, 0.6) is 0 Å². The SMILES string of the molecule is CC(Cc1onc(N)c1-c1ccc(Br)cc1)C(C)(C)C. The Kier molecular flexibility index (Phi) is 4.23. The van der Waals surface area contributed by atoms with E-state index in [-0.39, 0.29) is 5.41 Å². The second kappa shape index (κ2) is 5.60. The fourth-order valence-corrected chi connectivity index (χ4v) is 2.25. The van der Waals surface area contributed by atoms with Crippen LogP contribution >= 0.6 is 15.9 Å². The Morgan fingerprint density at radius 2 is 1.85 bits per heavy atom. The zero-order chi connectivity index (χ0) is 14.9. The molecule has 0 aliphatic carbocycles. The van der Waals surface area contributed by atoms with Crippen molar-refractivity contribution in [3.63, 3.8) is 0 Å². The average Bonchev–Trinajstić information content (AvgIpc) is 2.71. The maximum absolute atomic E-state index is 5.98. The topological polar surface area (TPSA) is 52.0 Å². The number of nitrogens with two attached hydrogens (primary N) is 1. The van der Waals surface area contributed by atoms with Gasteiger partial charge in [0.25, 0.3) is 0 Å². The van der Waals surface area contributed by atoms with E-state index in [1.165, 1.54) is 0 Å². The Morgan fingerprint density at radius 3 is 2.40 bits per heavy atom. The van der Waals surface area contributed by atoms with Gasteiger partial charge in [0.15, 0.2) is 5.82 Å². The molecule has 20 heavy (non-hydrogen) atoms. The molecule has 0 saturated heterocycles. The number of nitrogens with zero attached hydrogens (tertiary/aromatic N) is 1. The minimum absolute atomic E-state index is 0.221. The largest absolute Gasteiger partial charge is 0.380 e. The summed E-state index contributed by atoms with van der Waals surface area (Å²) in [7, 11) is 0. The van der Waals surface area contributed by atoms with Gasteiger partial charge >= 0.3 is 0 Å². The van der Waals surface area contributed by atoms with Gasteiger partial charge in [-0.15, -0.1) is 0 Å². The molecule has 0 aliphatic heterocycles. The Balaban J connectivity index is 2.35. The van der Waals surface area contributed by atoms with E-state index in [9.17, 15) is 0 Å². The highest BCUT2D eigenvalue weighted by molar-refractivity contribution is 9.10. The molecular formula is C16H21BrN2O. The summed E-state index contributed by atoms with van der Waals surface area (Å²) in [6, 6.07) is 8.05.